The first-order chi connectivity index (χ1) is 13.9. The number of benzene rings is 2. The molecule has 4 rings (SSSR count). The monoisotopic (exact) mass is 396 g/mol. The minimum absolute atomic E-state index is 0.000205. The third kappa shape index (κ3) is 3.87. The lowest BCUT2D eigenvalue weighted by atomic mass is 9.98. The summed E-state index contributed by atoms with van der Waals surface area (Å²) in [4.78, 5) is 24.0. The summed E-state index contributed by atoms with van der Waals surface area (Å²) in [6.45, 7) is 1.84. The number of rotatable bonds is 4. The summed E-state index contributed by atoms with van der Waals surface area (Å²) in [5.74, 6) is -1.87. The van der Waals surface area contributed by atoms with Crippen LogP contribution in [0.3, 0.4) is 0 Å². The van der Waals surface area contributed by atoms with Gasteiger partial charge < -0.3 is 10.6 Å². The summed E-state index contributed by atoms with van der Waals surface area (Å²) in [6.07, 6.45) is 2.54. The summed E-state index contributed by atoms with van der Waals surface area (Å²) < 4.78 is 28.2. The fourth-order valence-corrected chi connectivity index (χ4v) is 3.27. The predicted molar refractivity (Wildman–Crippen MR) is 103 cm³/mol. The maximum absolute atomic E-state index is 13.9. The van der Waals surface area contributed by atoms with Crippen LogP contribution in [0.15, 0.2) is 48.7 Å². The molecule has 0 aliphatic carbocycles. The first-order valence-electron chi connectivity index (χ1n) is 9.15. The number of hydrogen-bond acceptors (Lipinski definition) is 3. The summed E-state index contributed by atoms with van der Waals surface area (Å²) in [5.41, 5.74) is 2.89. The summed E-state index contributed by atoms with van der Waals surface area (Å²) >= 11 is 0. The van der Waals surface area contributed by atoms with E-state index in [1.807, 2.05) is 25.1 Å². The third-order valence-electron chi connectivity index (χ3n) is 4.85. The Balaban J connectivity index is 1.48. The van der Waals surface area contributed by atoms with Gasteiger partial charge in [-0.2, -0.15) is 5.10 Å². The molecule has 3 aromatic rings. The van der Waals surface area contributed by atoms with Crippen molar-refractivity contribution in [2.45, 2.75) is 25.8 Å². The van der Waals surface area contributed by atoms with Crippen molar-refractivity contribution < 1.29 is 18.4 Å². The van der Waals surface area contributed by atoms with Gasteiger partial charge >= 0.3 is 0 Å². The molecule has 0 fully saturated rings. The van der Waals surface area contributed by atoms with Crippen LogP contribution < -0.4 is 10.6 Å². The molecule has 1 unspecified atom stereocenters. The molecule has 0 bridgehead atoms. The Bertz CT molecular complexity index is 1110. The molecule has 2 amide bonds. The fourth-order valence-electron chi connectivity index (χ4n) is 3.27. The predicted octanol–water partition coefficient (Wildman–Crippen LogP) is 3.53. The lowest BCUT2D eigenvalue weighted by molar-refractivity contribution is -0.116. The first kappa shape index (κ1) is 18.8. The number of aryl methyl sites for hydroxylation is 1. The van der Waals surface area contributed by atoms with E-state index in [2.05, 4.69) is 15.7 Å². The summed E-state index contributed by atoms with van der Waals surface area (Å²) in [7, 11) is 0. The normalized spacial score (nSPS) is 14.1. The highest BCUT2D eigenvalue weighted by Gasteiger charge is 2.19. The number of carbonyl (C=O) groups is 2. The van der Waals surface area contributed by atoms with Gasteiger partial charge in [0.15, 0.2) is 11.5 Å². The van der Waals surface area contributed by atoms with Crippen molar-refractivity contribution in [3.63, 3.8) is 0 Å². The van der Waals surface area contributed by atoms with E-state index < -0.39 is 17.5 Å². The van der Waals surface area contributed by atoms with Gasteiger partial charge in [-0.15, -0.1) is 0 Å². The van der Waals surface area contributed by atoms with E-state index in [1.54, 1.807) is 0 Å². The largest absolute Gasteiger partial charge is 0.344 e. The van der Waals surface area contributed by atoms with Crippen LogP contribution in [0.1, 0.15) is 41.0 Å². The van der Waals surface area contributed by atoms with Gasteiger partial charge in [-0.05, 0) is 48.7 Å². The standard InChI is InChI=1S/C21H18F2N4O2/c1-12(13-2-5-17-14(10-13)3-7-20(28)25-17)24-21(29)18-8-9-27(26-18)19-6-4-15(22)11-16(19)23/h2,4-6,8-12H,3,7H2,1H3,(H,24,29)(H,25,28). The van der Waals surface area contributed by atoms with Crippen LogP contribution in [-0.4, -0.2) is 21.6 Å². The number of nitrogens with zero attached hydrogens (tertiary/aromatic N) is 2. The van der Waals surface area contributed by atoms with Gasteiger partial charge in [0.1, 0.15) is 11.5 Å². The van der Waals surface area contributed by atoms with Crippen LogP contribution >= 0.6 is 0 Å². The highest BCUT2D eigenvalue weighted by molar-refractivity contribution is 5.94. The molecular weight excluding hydrogens is 378 g/mol. The summed E-state index contributed by atoms with van der Waals surface area (Å²) in [6, 6.07) is 9.96. The van der Waals surface area contributed by atoms with E-state index >= 15 is 0 Å². The number of hydrogen-bond donors (Lipinski definition) is 2. The molecule has 6 nitrogen and oxygen atoms in total. The number of anilines is 1. The van der Waals surface area contributed by atoms with Gasteiger partial charge in [-0.1, -0.05) is 12.1 Å². The Labute approximate surface area is 165 Å². The molecular formula is C21H18F2N4O2. The van der Waals surface area contributed by atoms with E-state index in [-0.39, 0.29) is 23.3 Å². The Hall–Kier alpha value is -3.55. The zero-order chi connectivity index (χ0) is 20.5. The molecule has 8 heteroatoms. The van der Waals surface area contributed by atoms with Gasteiger partial charge in [0.2, 0.25) is 5.91 Å². The van der Waals surface area contributed by atoms with Crippen LogP contribution in [0, 0.1) is 11.6 Å². The van der Waals surface area contributed by atoms with Gasteiger partial charge in [0, 0.05) is 24.4 Å². The first-order valence-corrected chi connectivity index (χ1v) is 9.15. The van der Waals surface area contributed by atoms with Crippen LogP contribution in [0.5, 0.6) is 0 Å². The van der Waals surface area contributed by atoms with Crippen molar-refractivity contribution in [1.29, 1.82) is 0 Å². The molecule has 2 heterocycles. The summed E-state index contributed by atoms with van der Waals surface area (Å²) in [5, 5.41) is 9.78. The number of amides is 2. The number of carbonyl (C=O) groups excluding carboxylic acids is 2. The fraction of sp³-hybridized carbons (Fsp3) is 0.190. The van der Waals surface area contributed by atoms with Gasteiger partial charge in [-0.3, -0.25) is 9.59 Å². The van der Waals surface area contributed by atoms with E-state index in [0.29, 0.717) is 12.8 Å². The van der Waals surface area contributed by atoms with E-state index in [1.165, 1.54) is 23.0 Å². The molecule has 29 heavy (non-hydrogen) atoms. The average Bonchev–Trinajstić information content (AvgIpc) is 3.17. The Kier molecular flexibility index (Phi) is 4.84. The van der Waals surface area contributed by atoms with Crippen LogP contribution in [0.4, 0.5) is 14.5 Å². The van der Waals surface area contributed by atoms with Crippen LogP contribution in [0.2, 0.25) is 0 Å². The van der Waals surface area contributed by atoms with E-state index in [4.69, 9.17) is 0 Å². The minimum Gasteiger partial charge on any atom is -0.344 e. The zero-order valence-electron chi connectivity index (χ0n) is 15.6. The number of nitrogens with one attached hydrogen (secondary N) is 2. The highest BCUT2D eigenvalue weighted by Crippen LogP contribution is 2.26. The van der Waals surface area contributed by atoms with Gasteiger partial charge in [-0.25, -0.2) is 13.5 Å². The van der Waals surface area contributed by atoms with Crippen molar-refractivity contribution >= 4 is 17.5 Å². The molecule has 0 spiro atoms. The highest BCUT2D eigenvalue weighted by atomic mass is 19.1. The average molecular weight is 396 g/mol. The second-order valence-corrected chi connectivity index (χ2v) is 6.90. The van der Waals surface area contributed by atoms with E-state index in [9.17, 15) is 18.4 Å². The quantitative estimate of drug-likeness (QED) is 0.709. The number of halogens is 2. The SMILES string of the molecule is CC(NC(=O)c1ccn(-c2ccc(F)cc2F)n1)c1ccc2c(c1)CCC(=O)N2. The van der Waals surface area contributed by atoms with Gasteiger partial charge in [0.05, 0.1) is 6.04 Å². The molecule has 1 aromatic heterocycles. The molecule has 1 aliphatic rings. The Morgan fingerprint density at radius 2 is 2.00 bits per heavy atom. The van der Waals surface area contributed by atoms with E-state index in [0.717, 1.165) is 28.9 Å². The number of fused-ring (bicyclic) bond motifs is 1. The van der Waals surface area contributed by atoms with Crippen molar-refractivity contribution in [3.8, 4) is 5.69 Å². The Morgan fingerprint density at radius 1 is 1.17 bits per heavy atom. The van der Waals surface area contributed by atoms with Crippen LogP contribution in [-0.2, 0) is 11.2 Å². The second kappa shape index (κ2) is 7.46. The molecule has 2 N–H and O–H groups in total. The van der Waals surface area contributed by atoms with Crippen molar-refractivity contribution in [1.82, 2.24) is 15.1 Å². The lowest BCUT2D eigenvalue weighted by Crippen LogP contribution is -2.27. The third-order valence-corrected chi connectivity index (χ3v) is 4.85. The maximum atomic E-state index is 13.9. The molecule has 0 saturated carbocycles. The lowest BCUT2D eigenvalue weighted by Gasteiger charge is -2.20. The second-order valence-electron chi connectivity index (χ2n) is 6.90. The topological polar surface area (TPSA) is 76.0 Å². The minimum atomic E-state index is -0.769. The maximum Gasteiger partial charge on any atom is 0.272 e. The smallest absolute Gasteiger partial charge is 0.272 e. The molecule has 2 aromatic carbocycles. The molecule has 148 valence electrons. The van der Waals surface area contributed by atoms with Crippen LogP contribution in [0.25, 0.3) is 5.69 Å². The van der Waals surface area contributed by atoms with Gasteiger partial charge in [0.25, 0.3) is 5.91 Å². The van der Waals surface area contributed by atoms with Crippen molar-refractivity contribution in [2.24, 2.45) is 0 Å². The number of aromatic nitrogens is 2. The molecule has 1 aliphatic heterocycles. The van der Waals surface area contributed by atoms with Crippen molar-refractivity contribution in [3.05, 3.63) is 77.1 Å². The molecule has 1 atom stereocenters. The molecule has 0 radical (unpaired) electrons. The van der Waals surface area contributed by atoms with Crippen molar-refractivity contribution in [2.75, 3.05) is 5.32 Å². The Morgan fingerprint density at radius 3 is 2.79 bits per heavy atom. The zero-order valence-corrected chi connectivity index (χ0v) is 15.6. The molecule has 0 saturated heterocycles.